The van der Waals surface area contributed by atoms with Gasteiger partial charge in [-0.05, 0) is 38.8 Å². The van der Waals surface area contributed by atoms with Gasteiger partial charge >= 0.3 is 0 Å². The van der Waals surface area contributed by atoms with Gasteiger partial charge in [0.2, 0.25) is 5.13 Å². The van der Waals surface area contributed by atoms with E-state index in [0.717, 1.165) is 30.6 Å². The molecule has 1 aromatic heterocycles. The van der Waals surface area contributed by atoms with Crippen molar-refractivity contribution in [3.63, 3.8) is 0 Å². The molecule has 2 atom stereocenters. The zero-order chi connectivity index (χ0) is 12.1. The molecule has 1 aromatic rings. The van der Waals surface area contributed by atoms with Crippen molar-refractivity contribution in [2.45, 2.75) is 25.9 Å². The van der Waals surface area contributed by atoms with Crippen molar-refractivity contribution < 1.29 is 4.74 Å². The molecule has 1 saturated heterocycles. The number of aromatic nitrogens is 2. The molecule has 2 heterocycles. The highest BCUT2D eigenvalue weighted by atomic mass is 32.1. The number of anilines is 1. The largest absolute Gasteiger partial charge is 0.374 e. The van der Waals surface area contributed by atoms with Gasteiger partial charge in [0.1, 0.15) is 6.10 Å². The minimum Gasteiger partial charge on any atom is -0.374 e. The lowest BCUT2D eigenvalue weighted by molar-refractivity contribution is 0.113. The summed E-state index contributed by atoms with van der Waals surface area (Å²) in [5.74, 6) is 1.47. The van der Waals surface area contributed by atoms with Gasteiger partial charge in [0, 0.05) is 25.2 Å². The van der Waals surface area contributed by atoms with Crippen molar-refractivity contribution >= 4 is 16.7 Å². The van der Waals surface area contributed by atoms with Crippen LogP contribution in [0.2, 0.25) is 0 Å². The Labute approximate surface area is 106 Å². The minimum absolute atomic E-state index is 0.0295. The first-order valence-electron chi connectivity index (χ1n) is 6.10. The molecule has 1 aliphatic heterocycles. The van der Waals surface area contributed by atoms with Crippen LogP contribution in [0.15, 0.2) is 0 Å². The summed E-state index contributed by atoms with van der Waals surface area (Å²) in [6.45, 7) is 5.19. The lowest BCUT2D eigenvalue weighted by Gasteiger charge is -2.22. The zero-order valence-electron chi connectivity index (χ0n) is 10.4. The molecule has 0 amide bonds. The predicted octanol–water partition coefficient (Wildman–Crippen LogP) is 1.66. The third kappa shape index (κ3) is 3.62. The number of rotatable bonds is 5. The Morgan fingerprint density at radius 1 is 1.65 bits per heavy atom. The maximum absolute atomic E-state index is 5.19. The van der Waals surface area contributed by atoms with E-state index < -0.39 is 0 Å². The van der Waals surface area contributed by atoms with Crippen LogP contribution in [-0.4, -0.2) is 36.1 Å². The molecule has 2 rings (SSSR count). The van der Waals surface area contributed by atoms with Crippen LogP contribution in [0.4, 0.5) is 5.13 Å². The average molecular weight is 256 g/mol. The summed E-state index contributed by atoms with van der Waals surface area (Å²) >= 11 is 1.41. The summed E-state index contributed by atoms with van der Waals surface area (Å²) in [4.78, 5) is 4.42. The highest BCUT2D eigenvalue weighted by Crippen LogP contribution is 2.19. The van der Waals surface area contributed by atoms with Gasteiger partial charge in [0.25, 0.3) is 0 Å². The number of hydrogen-bond donors (Lipinski definition) is 2. The Bertz CT molecular complexity index is 338. The smallest absolute Gasteiger partial charge is 0.202 e. The van der Waals surface area contributed by atoms with Crippen LogP contribution in [0.25, 0.3) is 0 Å². The average Bonchev–Trinajstić information content (AvgIpc) is 2.85. The number of ether oxygens (including phenoxy) is 1. The molecule has 2 unspecified atom stereocenters. The van der Waals surface area contributed by atoms with Gasteiger partial charge in [-0.2, -0.15) is 4.37 Å². The standard InChI is InChI=1S/C11H20N4OS/c1-8(16-2)10-14-11(17-15-10)13-7-9-4-3-5-12-6-9/h8-9,12H,3-7H2,1-2H3,(H,13,14,15). The van der Waals surface area contributed by atoms with Crippen LogP contribution in [-0.2, 0) is 4.74 Å². The molecule has 1 fully saturated rings. The Morgan fingerprint density at radius 3 is 3.24 bits per heavy atom. The van der Waals surface area contributed by atoms with Gasteiger partial charge in [0.15, 0.2) is 5.82 Å². The molecular weight excluding hydrogens is 236 g/mol. The fourth-order valence-corrected chi connectivity index (χ4v) is 2.56. The lowest BCUT2D eigenvalue weighted by atomic mass is 10.00. The summed E-state index contributed by atoms with van der Waals surface area (Å²) in [5, 5.41) is 7.67. The van der Waals surface area contributed by atoms with Crippen LogP contribution >= 0.6 is 11.5 Å². The topological polar surface area (TPSA) is 59.1 Å². The van der Waals surface area contributed by atoms with Gasteiger partial charge in [-0.1, -0.05) is 0 Å². The molecular formula is C11H20N4OS. The number of methoxy groups -OCH3 is 1. The second kappa shape index (κ2) is 6.28. The number of piperidine rings is 1. The van der Waals surface area contributed by atoms with Crippen LogP contribution < -0.4 is 10.6 Å². The molecule has 0 bridgehead atoms. The predicted molar refractivity (Wildman–Crippen MR) is 69.4 cm³/mol. The van der Waals surface area contributed by atoms with E-state index in [-0.39, 0.29) is 6.10 Å². The number of nitrogens with zero attached hydrogens (tertiary/aromatic N) is 2. The van der Waals surface area contributed by atoms with Gasteiger partial charge in [0.05, 0.1) is 0 Å². The second-order valence-electron chi connectivity index (χ2n) is 4.43. The van der Waals surface area contributed by atoms with E-state index in [1.807, 2.05) is 6.92 Å². The van der Waals surface area contributed by atoms with Crippen molar-refractivity contribution in [2.75, 3.05) is 32.1 Å². The maximum Gasteiger partial charge on any atom is 0.202 e. The van der Waals surface area contributed by atoms with Crippen LogP contribution in [0, 0.1) is 5.92 Å². The number of hydrogen-bond acceptors (Lipinski definition) is 6. The van der Waals surface area contributed by atoms with Gasteiger partial charge in [-0.15, -0.1) is 0 Å². The molecule has 1 aliphatic rings. The highest BCUT2D eigenvalue weighted by Gasteiger charge is 2.14. The van der Waals surface area contributed by atoms with E-state index in [9.17, 15) is 0 Å². The summed E-state index contributed by atoms with van der Waals surface area (Å²) in [7, 11) is 1.67. The summed E-state index contributed by atoms with van der Waals surface area (Å²) < 4.78 is 9.47. The van der Waals surface area contributed by atoms with Gasteiger partial charge < -0.3 is 15.4 Å². The quantitative estimate of drug-likeness (QED) is 0.839. The fraction of sp³-hybridized carbons (Fsp3) is 0.818. The van der Waals surface area contributed by atoms with Crippen LogP contribution in [0.1, 0.15) is 31.7 Å². The normalized spacial score (nSPS) is 22.4. The third-order valence-electron chi connectivity index (χ3n) is 3.10. The first-order chi connectivity index (χ1) is 8.29. The Morgan fingerprint density at radius 2 is 2.53 bits per heavy atom. The third-order valence-corrected chi connectivity index (χ3v) is 3.79. The Kier molecular flexibility index (Phi) is 4.70. The van der Waals surface area contributed by atoms with Crippen LogP contribution in [0.3, 0.4) is 0 Å². The lowest BCUT2D eigenvalue weighted by Crippen LogP contribution is -2.33. The second-order valence-corrected chi connectivity index (χ2v) is 5.18. The molecule has 17 heavy (non-hydrogen) atoms. The molecule has 0 radical (unpaired) electrons. The molecule has 0 saturated carbocycles. The van der Waals surface area contributed by atoms with E-state index >= 15 is 0 Å². The molecule has 0 aliphatic carbocycles. The molecule has 6 heteroatoms. The van der Waals surface area contributed by atoms with E-state index in [0.29, 0.717) is 5.92 Å². The summed E-state index contributed by atoms with van der Waals surface area (Å²) in [5.41, 5.74) is 0. The fourth-order valence-electron chi connectivity index (χ4n) is 1.91. The van der Waals surface area contributed by atoms with Crippen molar-refractivity contribution in [3.05, 3.63) is 5.82 Å². The van der Waals surface area contributed by atoms with E-state index in [1.54, 1.807) is 7.11 Å². The SMILES string of the molecule is COC(C)c1nsc(NCC2CCCNC2)n1. The Hall–Kier alpha value is -0.720. The molecule has 2 N–H and O–H groups in total. The minimum atomic E-state index is -0.0295. The van der Waals surface area contributed by atoms with Crippen molar-refractivity contribution in [2.24, 2.45) is 5.92 Å². The number of nitrogens with one attached hydrogen (secondary N) is 2. The van der Waals surface area contributed by atoms with Crippen LogP contribution in [0.5, 0.6) is 0 Å². The Balaban J connectivity index is 1.80. The monoisotopic (exact) mass is 256 g/mol. The first-order valence-corrected chi connectivity index (χ1v) is 6.88. The zero-order valence-corrected chi connectivity index (χ0v) is 11.2. The molecule has 0 aromatic carbocycles. The van der Waals surface area contributed by atoms with Gasteiger partial charge in [-0.25, -0.2) is 4.98 Å². The highest BCUT2D eigenvalue weighted by molar-refractivity contribution is 7.09. The maximum atomic E-state index is 5.19. The summed E-state index contributed by atoms with van der Waals surface area (Å²) in [6.07, 6.45) is 2.53. The first kappa shape index (κ1) is 12.7. The van der Waals surface area contributed by atoms with Crippen molar-refractivity contribution in [1.82, 2.24) is 14.7 Å². The van der Waals surface area contributed by atoms with Crippen molar-refractivity contribution in [1.29, 1.82) is 0 Å². The van der Waals surface area contributed by atoms with E-state index in [1.165, 1.54) is 24.4 Å². The summed E-state index contributed by atoms with van der Waals surface area (Å²) in [6, 6.07) is 0. The van der Waals surface area contributed by atoms with E-state index in [2.05, 4.69) is 20.0 Å². The van der Waals surface area contributed by atoms with E-state index in [4.69, 9.17) is 4.74 Å². The van der Waals surface area contributed by atoms with Crippen molar-refractivity contribution in [3.8, 4) is 0 Å². The molecule has 0 spiro atoms. The van der Waals surface area contributed by atoms with Gasteiger partial charge in [-0.3, -0.25) is 0 Å². The molecule has 5 nitrogen and oxygen atoms in total. The molecule has 96 valence electrons.